The van der Waals surface area contributed by atoms with Crippen molar-refractivity contribution in [1.82, 2.24) is 4.98 Å². The molecule has 0 aliphatic carbocycles. The molecule has 1 aromatic rings. The van der Waals surface area contributed by atoms with Gasteiger partial charge in [0.05, 0.1) is 5.56 Å². The molecule has 6 heteroatoms. The molecule has 0 amide bonds. The average Bonchev–Trinajstić information content (AvgIpc) is 1.83. The van der Waals surface area contributed by atoms with Crippen molar-refractivity contribution in [3.05, 3.63) is 25.1 Å². The minimum atomic E-state index is -4.30. The second-order valence-corrected chi connectivity index (χ2v) is 4.25. The molecular weight excluding hydrogens is 397 g/mol. The molecule has 0 radical (unpaired) electrons. The zero-order chi connectivity index (χ0) is 9.35. The highest BCUT2D eigenvalue weighted by Crippen LogP contribution is 2.32. The minimum absolute atomic E-state index is 0.180. The summed E-state index contributed by atoms with van der Waals surface area (Å²) in [7, 11) is 0. The zero-order valence-electron chi connectivity index (χ0n) is 5.49. The van der Waals surface area contributed by atoms with Crippen LogP contribution in [0.1, 0.15) is 5.56 Å². The molecule has 1 aromatic heterocycles. The Kier molecular flexibility index (Phi) is 3.18. The number of nitrogens with zero attached hydrogens (tertiary/aromatic N) is 1. The Bertz CT molecular complexity index is 297. The van der Waals surface area contributed by atoms with Crippen LogP contribution in [-0.2, 0) is 6.18 Å². The van der Waals surface area contributed by atoms with Gasteiger partial charge in [0, 0.05) is 9.77 Å². The first kappa shape index (κ1) is 10.5. The van der Waals surface area contributed by atoms with E-state index in [2.05, 4.69) is 4.98 Å². The third-order valence-electron chi connectivity index (χ3n) is 1.13. The van der Waals surface area contributed by atoms with Crippen LogP contribution in [0.4, 0.5) is 13.2 Å². The first-order valence-corrected chi connectivity index (χ1v) is 4.95. The normalized spacial score (nSPS) is 11.8. The molecule has 0 aliphatic heterocycles. The Morgan fingerprint density at radius 3 is 2.25 bits per heavy atom. The van der Waals surface area contributed by atoms with Gasteiger partial charge in [-0.3, -0.25) is 0 Å². The molecule has 1 nitrogen and oxygen atoms in total. The van der Waals surface area contributed by atoms with Gasteiger partial charge in [-0.25, -0.2) is 4.98 Å². The number of rotatable bonds is 0. The van der Waals surface area contributed by atoms with Crippen LogP contribution in [0, 0.1) is 7.27 Å². The van der Waals surface area contributed by atoms with Crippen molar-refractivity contribution < 1.29 is 13.2 Å². The number of halogens is 5. The maximum atomic E-state index is 12.1. The van der Waals surface area contributed by atoms with Crippen molar-refractivity contribution in [3.63, 3.8) is 0 Å². The first-order chi connectivity index (χ1) is 5.41. The SMILES string of the molecule is FC(F)(F)c1cnc(I)cc1I. The van der Waals surface area contributed by atoms with Crippen LogP contribution >= 0.6 is 45.2 Å². The van der Waals surface area contributed by atoms with Gasteiger partial charge in [-0.05, 0) is 51.2 Å². The lowest BCUT2D eigenvalue weighted by atomic mass is 10.3. The molecule has 0 N–H and O–H groups in total. The minimum Gasteiger partial charge on any atom is -0.250 e. The van der Waals surface area contributed by atoms with E-state index in [-0.39, 0.29) is 3.57 Å². The molecule has 1 rings (SSSR count). The Hall–Kier alpha value is 0.400. The highest BCUT2D eigenvalue weighted by molar-refractivity contribution is 14.1. The Morgan fingerprint density at radius 1 is 1.25 bits per heavy atom. The van der Waals surface area contributed by atoms with Crippen molar-refractivity contribution in [2.24, 2.45) is 0 Å². The van der Waals surface area contributed by atoms with Gasteiger partial charge >= 0.3 is 6.18 Å². The van der Waals surface area contributed by atoms with E-state index in [0.29, 0.717) is 3.70 Å². The summed E-state index contributed by atoms with van der Waals surface area (Å²) >= 11 is 3.51. The van der Waals surface area contributed by atoms with E-state index in [1.165, 1.54) is 6.07 Å². The van der Waals surface area contributed by atoms with Crippen LogP contribution < -0.4 is 0 Å². The van der Waals surface area contributed by atoms with Crippen LogP contribution in [0.2, 0.25) is 0 Å². The average molecular weight is 399 g/mol. The largest absolute Gasteiger partial charge is 0.418 e. The molecule has 0 fully saturated rings. The van der Waals surface area contributed by atoms with Gasteiger partial charge in [-0.2, -0.15) is 13.2 Å². The van der Waals surface area contributed by atoms with E-state index < -0.39 is 11.7 Å². The quantitative estimate of drug-likeness (QED) is 0.482. The number of hydrogen-bond acceptors (Lipinski definition) is 1. The molecule has 66 valence electrons. The summed E-state index contributed by atoms with van der Waals surface area (Å²) < 4.78 is 37.1. The van der Waals surface area contributed by atoms with Crippen molar-refractivity contribution in [2.45, 2.75) is 6.18 Å². The lowest BCUT2D eigenvalue weighted by Gasteiger charge is -2.07. The number of alkyl halides is 3. The summed E-state index contributed by atoms with van der Waals surface area (Å²) in [6.07, 6.45) is -3.45. The van der Waals surface area contributed by atoms with E-state index in [0.717, 1.165) is 6.20 Å². The van der Waals surface area contributed by atoms with Gasteiger partial charge in [0.2, 0.25) is 0 Å². The van der Waals surface area contributed by atoms with Gasteiger partial charge in [0.1, 0.15) is 3.70 Å². The van der Waals surface area contributed by atoms with Crippen molar-refractivity contribution >= 4 is 45.2 Å². The number of aromatic nitrogens is 1. The van der Waals surface area contributed by atoms with Gasteiger partial charge in [0.25, 0.3) is 0 Å². The van der Waals surface area contributed by atoms with E-state index in [1.54, 1.807) is 22.6 Å². The molecule has 0 bridgehead atoms. The van der Waals surface area contributed by atoms with Crippen molar-refractivity contribution in [3.8, 4) is 0 Å². The summed E-state index contributed by atoms with van der Waals surface area (Å²) in [5.41, 5.74) is -0.677. The summed E-state index contributed by atoms with van der Waals surface area (Å²) in [4.78, 5) is 3.57. The van der Waals surface area contributed by atoms with Crippen LogP contribution in [0.5, 0.6) is 0 Å². The fourth-order valence-corrected chi connectivity index (χ4v) is 2.40. The Labute approximate surface area is 94.0 Å². The Balaban J connectivity index is 3.19. The molecule has 0 saturated heterocycles. The first-order valence-electron chi connectivity index (χ1n) is 2.79. The molecule has 1 heterocycles. The van der Waals surface area contributed by atoms with Crippen molar-refractivity contribution in [1.29, 1.82) is 0 Å². The highest BCUT2D eigenvalue weighted by Gasteiger charge is 2.33. The molecule has 0 spiro atoms. The lowest BCUT2D eigenvalue weighted by molar-refractivity contribution is -0.138. The summed E-state index contributed by atoms with van der Waals surface area (Å²) in [6.45, 7) is 0. The standard InChI is InChI=1S/C6H2F3I2N/c7-6(8,9)3-2-12-5(11)1-4(3)10/h1-2H. The molecular formula is C6H2F3I2N. The molecule has 0 aliphatic rings. The summed E-state index contributed by atoms with van der Waals surface area (Å²) in [5, 5.41) is 0. The molecule has 12 heavy (non-hydrogen) atoms. The van der Waals surface area contributed by atoms with Crippen LogP contribution in [0.25, 0.3) is 0 Å². The molecule has 0 atom stereocenters. The molecule has 0 aromatic carbocycles. The fourth-order valence-electron chi connectivity index (χ4n) is 0.616. The van der Waals surface area contributed by atoms with Gasteiger partial charge in [0.15, 0.2) is 0 Å². The summed E-state index contributed by atoms with van der Waals surface area (Å²) in [6, 6.07) is 1.39. The monoisotopic (exact) mass is 399 g/mol. The molecule has 0 saturated carbocycles. The second kappa shape index (κ2) is 3.64. The molecule has 0 unspecified atom stereocenters. The Morgan fingerprint density at radius 2 is 1.83 bits per heavy atom. The number of pyridine rings is 1. The third kappa shape index (κ3) is 2.44. The number of hydrogen-bond donors (Lipinski definition) is 0. The van der Waals surface area contributed by atoms with Crippen LogP contribution in [0.3, 0.4) is 0 Å². The zero-order valence-corrected chi connectivity index (χ0v) is 9.81. The third-order valence-corrected chi connectivity index (χ3v) is 2.61. The van der Waals surface area contributed by atoms with E-state index >= 15 is 0 Å². The van der Waals surface area contributed by atoms with Gasteiger partial charge in [-0.1, -0.05) is 0 Å². The maximum Gasteiger partial charge on any atom is 0.418 e. The fraction of sp³-hybridized carbons (Fsp3) is 0.167. The van der Waals surface area contributed by atoms with Crippen LogP contribution in [-0.4, -0.2) is 4.98 Å². The maximum absolute atomic E-state index is 12.1. The summed E-state index contributed by atoms with van der Waals surface area (Å²) in [5.74, 6) is 0. The van der Waals surface area contributed by atoms with Gasteiger partial charge < -0.3 is 0 Å². The second-order valence-electron chi connectivity index (χ2n) is 1.98. The predicted octanol–water partition coefficient (Wildman–Crippen LogP) is 3.31. The van der Waals surface area contributed by atoms with E-state index in [4.69, 9.17) is 0 Å². The van der Waals surface area contributed by atoms with Crippen LogP contribution in [0.15, 0.2) is 12.3 Å². The smallest absolute Gasteiger partial charge is 0.250 e. The lowest BCUT2D eigenvalue weighted by Crippen LogP contribution is -2.08. The van der Waals surface area contributed by atoms with E-state index in [9.17, 15) is 13.2 Å². The topological polar surface area (TPSA) is 12.9 Å². The highest BCUT2D eigenvalue weighted by atomic mass is 127. The van der Waals surface area contributed by atoms with Crippen molar-refractivity contribution in [2.75, 3.05) is 0 Å². The van der Waals surface area contributed by atoms with Gasteiger partial charge in [-0.15, -0.1) is 0 Å². The van der Waals surface area contributed by atoms with E-state index in [1.807, 2.05) is 22.6 Å². The predicted molar refractivity (Wildman–Crippen MR) is 54.7 cm³/mol.